The van der Waals surface area contributed by atoms with Crippen LogP contribution in [0.5, 0.6) is 0 Å². The number of carbonyl (C=O) groups is 1. The molecule has 0 spiro atoms. The summed E-state index contributed by atoms with van der Waals surface area (Å²) in [5.74, 6) is -1.65. The molecule has 0 fully saturated rings. The van der Waals surface area contributed by atoms with Crippen molar-refractivity contribution < 1.29 is 14.3 Å². The number of rotatable bonds is 1. The number of anilines is 1. The van der Waals surface area contributed by atoms with Crippen LogP contribution in [-0.2, 0) is 0 Å². The van der Waals surface area contributed by atoms with Crippen LogP contribution in [0.25, 0.3) is 0 Å². The van der Waals surface area contributed by atoms with Crippen molar-refractivity contribution in [1.82, 2.24) is 0 Å². The fraction of sp³-hybridized carbons (Fsp3) is 0.500. The third-order valence-corrected chi connectivity index (χ3v) is 3.95. The van der Waals surface area contributed by atoms with Gasteiger partial charge in [-0.05, 0) is 43.9 Å². The average molecular weight is 251 g/mol. The van der Waals surface area contributed by atoms with Gasteiger partial charge in [-0.15, -0.1) is 0 Å². The van der Waals surface area contributed by atoms with E-state index in [-0.39, 0.29) is 17.0 Å². The van der Waals surface area contributed by atoms with Gasteiger partial charge in [0.15, 0.2) is 0 Å². The van der Waals surface area contributed by atoms with E-state index in [9.17, 15) is 9.18 Å². The Morgan fingerprint density at radius 3 is 2.67 bits per heavy atom. The lowest BCUT2D eigenvalue weighted by Crippen LogP contribution is -2.45. The average Bonchev–Trinajstić information content (AvgIpc) is 2.24. The number of halogens is 1. The summed E-state index contributed by atoms with van der Waals surface area (Å²) in [6.45, 7) is 6.27. The Kier molecular flexibility index (Phi) is 2.84. The van der Waals surface area contributed by atoms with E-state index in [1.165, 1.54) is 12.1 Å². The summed E-state index contributed by atoms with van der Waals surface area (Å²) in [7, 11) is 1.92. The number of benzene rings is 1. The molecule has 4 heteroatoms. The molecule has 98 valence electrons. The quantitative estimate of drug-likeness (QED) is 0.833. The molecule has 0 aliphatic carbocycles. The molecule has 1 N–H and O–H groups in total. The van der Waals surface area contributed by atoms with Crippen molar-refractivity contribution in [2.24, 2.45) is 0 Å². The first kappa shape index (κ1) is 12.9. The maximum Gasteiger partial charge on any atom is 0.338 e. The molecule has 1 aromatic rings. The van der Waals surface area contributed by atoms with Crippen molar-refractivity contribution in [3.8, 4) is 0 Å². The van der Waals surface area contributed by atoms with E-state index in [2.05, 4.69) is 20.8 Å². The lowest BCUT2D eigenvalue weighted by Gasteiger charge is -2.45. The van der Waals surface area contributed by atoms with Gasteiger partial charge in [0.05, 0.1) is 5.56 Å². The largest absolute Gasteiger partial charge is 0.478 e. The minimum atomic E-state index is -1.21. The van der Waals surface area contributed by atoms with Crippen molar-refractivity contribution in [2.75, 3.05) is 11.9 Å². The topological polar surface area (TPSA) is 40.5 Å². The molecule has 18 heavy (non-hydrogen) atoms. The van der Waals surface area contributed by atoms with Gasteiger partial charge in [-0.2, -0.15) is 0 Å². The van der Waals surface area contributed by atoms with Crippen LogP contribution in [0.15, 0.2) is 12.1 Å². The Morgan fingerprint density at radius 2 is 2.11 bits per heavy atom. The zero-order chi connectivity index (χ0) is 13.7. The van der Waals surface area contributed by atoms with Gasteiger partial charge in [-0.25, -0.2) is 9.18 Å². The van der Waals surface area contributed by atoms with Crippen molar-refractivity contribution >= 4 is 11.7 Å². The van der Waals surface area contributed by atoms with Gasteiger partial charge in [0, 0.05) is 18.3 Å². The third kappa shape index (κ3) is 1.85. The highest BCUT2D eigenvalue weighted by Gasteiger charge is 2.35. The van der Waals surface area contributed by atoms with E-state index >= 15 is 0 Å². The normalized spacial score (nSPS) is 21.6. The molecule has 1 aliphatic heterocycles. The highest BCUT2D eigenvalue weighted by atomic mass is 19.1. The molecule has 3 nitrogen and oxygen atoms in total. The Morgan fingerprint density at radius 1 is 1.50 bits per heavy atom. The smallest absolute Gasteiger partial charge is 0.338 e. The summed E-state index contributed by atoms with van der Waals surface area (Å²) >= 11 is 0. The summed E-state index contributed by atoms with van der Waals surface area (Å²) in [5, 5.41) is 8.97. The lowest BCUT2D eigenvalue weighted by molar-refractivity contribution is 0.0691. The van der Waals surface area contributed by atoms with Crippen LogP contribution in [0.4, 0.5) is 10.1 Å². The molecule has 0 radical (unpaired) electrons. The molecule has 0 saturated heterocycles. The summed E-state index contributed by atoms with van der Waals surface area (Å²) in [5.41, 5.74) is 1.41. The van der Waals surface area contributed by atoms with Crippen LogP contribution in [0.1, 0.15) is 49.0 Å². The van der Waals surface area contributed by atoms with Gasteiger partial charge in [-0.1, -0.05) is 6.92 Å². The fourth-order valence-electron chi connectivity index (χ4n) is 2.75. The standard InChI is InChI=1S/C14H18FNO2/c1-8-7-14(2,3)16(4)12-6-11(15)10(13(17)18)5-9(8)12/h5-6,8H,7H2,1-4H3,(H,17,18). The van der Waals surface area contributed by atoms with Gasteiger partial charge in [0.25, 0.3) is 0 Å². The number of fused-ring (bicyclic) bond motifs is 1. The van der Waals surface area contributed by atoms with Gasteiger partial charge in [-0.3, -0.25) is 0 Å². The second-order valence-corrected chi connectivity index (χ2v) is 5.67. The van der Waals surface area contributed by atoms with Crippen molar-refractivity contribution in [3.05, 3.63) is 29.1 Å². The Bertz CT molecular complexity index is 511. The summed E-state index contributed by atoms with van der Waals surface area (Å²) in [6, 6.07) is 2.82. The molecular weight excluding hydrogens is 233 g/mol. The Balaban J connectivity index is 2.62. The minimum Gasteiger partial charge on any atom is -0.478 e. The highest BCUT2D eigenvalue weighted by Crippen LogP contribution is 2.43. The molecule has 1 aromatic carbocycles. The first-order chi connectivity index (χ1) is 8.24. The van der Waals surface area contributed by atoms with Crippen molar-refractivity contribution in [2.45, 2.75) is 38.6 Å². The number of carboxylic acid groups (broad SMARTS) is 1. The number of aromatic carboxylic acids is 1. The summed E-state index contributed by atoms with van der Waals surface area (Å²) in [4.78, 5) is 13.0. The third-order valence-electron chi connectivity index (χ3n) is 3.95. The Hall–Kier alpha value is -1.58. The number of hydrogen-bond acceptors (Lipinski definition) is 2. The first-order valence-electron chi connectivity index (χ1n) is 6.04. The SMILES string of the molecule is CC1CC(C)(C)N(C)c2cc(F)c(C(=O)O)cc21. The summed E-state index contributed by atoms with van der Waals surface area (Å²) in [6.07, 6.45) is 0.918. The van der Waals surface area contributed by atoms with Crippen molar-refractivity contribution in [3.63, 3.8) is 0 Å². The van der Waals surface area contributed by atoms with Crippen LogP contribution in [-0.4, -0.2) is 23.7 Å². The van der Waals surface area contributed by atoms with Crippen LogP contribution in [0, 0.1) is 5.82 Å². The maximum absolute atomic E-state index is 13.8. The maximum atomic E-state index is 13.8. The number of nitrogens with zero attached hydrogens (tertiary/aromatic N) is 1. The van der Waals surface area contributed by atoms with E-state index in [0.29, 0.717) is 0 Å². The monoisotopic (exact) mass is 251 g/mol. The fourth-order valence-corrected chi connectivity index (χ4v) is 2.75. The van der Waals surface area contributed by atoms with Crippen molar-refractivity contribution in [1.29, 1.82) is 0 Å². The Labute approximate surface area is 106 Å². The van der Waals surface area contributed by atoms with E-state index < -0.39 is 11.8 Å². The van der Waals surface area contributed by atoms with Crippen LogP contribution < -0.4 is 4.90 Å². The number of carboxylic acids is 1. The molecule has 1 atom stereocenters. The lowest BCUT2D eigenvalue weighted by atomic mass is 9.80. The van der Waals surface area contributed by atoms with Gasteiger partial charge < -0.3 is 10.0 Å². The van der Waals surface area contributed by atoms with E-state index in [1.54, 1.807) is 0 Å². The predicted octanol–water partition coefficient (Wildman–Crippen LogP) is 3.25. The molecule has 1 unspecified atom stereocenters. The molecule has 0 amide bonds. The van der Waals surface area contributed by atoms with Gasteiger partial charge >= 0.3 is 5.97 Å². The van der Waals surface area contributed by atoms with Crippen LogP contribution in [0.2, 0.25) is 0 Å². The van der Waals surface area contributed by atoms with Gasteiger partial charge in [0.2, 0.25) is 0 Å². The molecule has 0 saturated carbocycles. The first-order valence-corrected chi connectivity index (χ1v) is 6.04. The zero-order valence-electron chi connectivity index (χ0n) is 11.1. The van der Waals surface area contributed by atoms with Crippen LogP contribution in [0.3, 0.4) is 0 Å². The van der Waals surface area contributed by atoms with Crippen LogP contribution >= 0.6 is 0 Å². The van der Waals surface area contributed by atoms with E-state index in [0.717, 1.165) is 17.7 Å². The van der Waals surface area contributed by atoms with E-state index in [1.807, 2.05) is 11.9 Å². The molecule has 0 bridgehead atoms. The number of hydrogen-bond donors (Lipinski definition) is 1. The molecule has 0 aromatic heterocycles. The predicted molar refractivity (Wildman–Crippen MR) is 68.9 cm³/mol. The summed E-state index contributed by atoms with van der Waals surface area (Å²) < 4.78 is 13.8. The second-order valence-electron chi connectivity index (χ2n) is 5.67. The zero-order valence-corrected chi connectivity index (χ0v) is 11.1. The van der Waals surface area contributed by atoms with E-state index in [4.69, 9.17) is 5.11 Å². The van der Waals surface area contributed by atoms with Gasteiger partial charge in [0.1, 0.15) is 5.82 Å². The minimum absolute atomic E-state index is 0.0520. The second kappa shape index (κ2) is 3.97. The molecule has 2 rings (SSSR count). The molecule has 1 aliphatic rings. The molecule has 1 heterocycles. The highest BCUT2D eigenvalue weighted by molar-refractivity contribution is 5.89. The molecular formula is C14H18FNO2.